The Hall–Kier alpha value is -3.00. The number of thioether (sulfide) groups is 1. The van der Waals surface area contributed by atoms with Gasteiger partial charge in [-0.05, 0) is 56.7 Å². The van der Waals surface area contributed by atoms with Gasteiger partial charge in [-0.3, -0.25) is 14.4 Å². The Balaban J connectivity index is 1.47. The lowest BCUT2D eigenvalue weighted by atomic mass is 10.0. The summed E-state index contributed by atoms with van der Waals surface area (Å²) in [5.41, 5.74) is 2.18. The van der Waals surface area contributed by atoms with Crippen LogP contribution in [0.2, 0.25) is 0 Å². The van der Waals surface area contributed by atoms with Crippen molar-refractivity contribution in [3.05, 3.63) is 59.7 Å². The van der Waals surface area contributed by atoms with E-state index in [-0.39, 0.29) is 23.1 Å². The van der Waals surface area contributed by atoms with Gasteiger partial charge < -0.3 is 20.3 Å². The van der Waals surface area contributed by atoms with Gasteiger partial charge in [-0.15, -0.1) is 11.8 Å². The first-order valence-electron chi connectivity index (χ1n) is 10.1. The van der Waals surface area contributed by atoms with Gasteiger partial charge in [0, 0.05) is 16.0 Å². The Bertz CT molecular complexity index is 1040. The minimum Gasteiger partial charge on any atom is -0.497 e. The Morgan fingerprint density at radius 3 is 2.48 bits per heavy atom. The Morgan fingerprint density at radius 2 is 1.81 bits per heavy atom. The van der Waals surface area contributed by atoms with Gasteiger partial charge in [-0.1, -0.05) is 18.2 Å². The lowest BCUT2D eigenvalue weighted by Crippen LogP contribution is -2.55. The van der Waals surface area contributed by atoms with Gasteiger partial charge in [0.05, 0.1) is 7.11 Å². The number of nitrogens with zero attached hydrogens (tertiary/aromatic N) is 1. The maximum Gasteiger partial charge on any atom is 0.256 e. The van der Waals surface area contributed by atoms with Gasteiger partial charge in [0.25, 0.3) is 5.91 Å². The third-order valence-electron chi connectivity index (χ3n) is 5.65. The molecule has 3 atom stereocenters. The number of methoxy groups -OCH3 is 1. The second-order valence-electron chi connectivity index (χ2n) is 8.22. The van der Waals surface area contributed by atoms with Crippen molar-refractivity contribution in [3.63, 3.8) is 0 Å². The zero-order chi connectivity index (χ0) is 22.3. The Morgan fingerprint density at radius 1 is 1.13 bits per heavy atom. The molecule has 2 N–H and O–H groups in total. The summed E-state index contributed by atoms with van der Waals surface area (Å²) in [5, 5.41) is 5.38. The molecule has 31 heavy (non-hydrogen) atoms. The van der Waals surface area contributed by atoms with E-state index in [1.807, 2.05) is 32.0 Å². The lowest BCUT2D eigenvalue weighted by Gasteiger charge is -2.30. The van der Waals surface area contributed by atoms with Crippen LogP contribution in [0.15, 0.2) is 48.5 Å². The van der Waals surface area contributed by atoms with E-state index in [4.69, 9.17) is 4.74 Å². The summed E-state index contributed by atoms with van der Waals surface area (Å²) in [5.74, 6) is -0.131. The highest BCUT2D eigenvalue weighted by Crippen LogP contribution is 2.56. The van der Waals surface area contributed by atoms with E-state index in [1.165, 1.54) is 0 Å². The fraction of sp³-hybridized carbons (Fsp3) is 0.348. The van der Waals surface area contributed by atoms with E-state index in [2.05, 4.69) is 10.6 Å². The van der Waals surface area contributed by atoms with E-state index >= 15 is 0 Å². The average Bonchev–Trinajstić information content (AvgIpc) is 3.17. The van der Waals surface area contributed by atoms with Crippen molar-refractivity contribution in [3.8, 4) is 5.75 Å². The van der Waals surface area contributed by atoms with Gasteiger partial charge >= 0.3 is 0 Å². The summed E-state index contributed by atoms with van der Waals surface area (Å²) in [6, 6.07) is 13.0. The van der Waals surface area contributed by atoms with E-state index < -0.39 is 16.8 Å². The van der Waals surface area contributed by atoms with Gasteiger partial charge in [-0.2, -0.15) is 0 Å². The van der Waals surface area contributed by atoms with Crippen LogP contribution >= 0.6 is 11.8 Å². The van der Waals surface area contributed by atoms with Crippen molar-refractivity contribution in [2.75, 3.05) is 12.4 Å². The monoisotopic (exact) mass is 439 g/mol. The minimum atomic E-state index is -0.769. The number of hydrogen-bond acceptors (Lipinski definition) is 5. The summed E-state index contributed by atoms with van der Waals surface area (Å²) < 4.78 is 4.62. The van der Waals surface area contributed by atoms with Crippen LogP contribution in [0, 0.1) is 0 Å². The molecule has 3 unspecified atom stereocenters. The molecule has 7 nitrogen and oxygen atoms in total. The number of hydrogen-bond donors (Lipinski definition) is 2. The smallest absolute Gasteiger partial charge is 0.256 e. The van der Waals surface area contributed by atoms with Gasteiger partial charge in [-0.25, -0.2) is 0 Å². The maximum absolute atomic E-state index is 13.2. The molecule has 2 aliphatic rings. The van der Waals surface area contributed by atoms with Gasteiger partial charge in [0.15, 0.2) is 0 Å². The normalized spacial score (nSPS) is 21.8. The van der Waals surface area contributed by atoms with Crippen LogP contribution in [-0.4, -0.2) is 46.6 Å². The number of carbonyl (C=O) groups excluding carboxylic acids is 3. The van der Waals surface area contributed by atoms with Crippen molar-refractivity contribution in [1.82, 2.24) is 10.2 Å². The highest BCUT2D eigenvalue weighted by Gasteiger charge is 2.57. The second kappa shape index (κ2) is 7.92. The molecule has 0 saturated carbocycles. The third kappa shape index (κ3) is 3.76. The fourth-order valence-corrected chi connectivity index (χ4v) is 5.68. The zero-order valence-corrected chi connectivity index (χ0v) is 18.7. The topological polar surface area (TPSA) is 87.7 Å². The number of anilines is 1. The quantitative estimate of drug-likeness (QED) is 0.747. The van der Waals surface area contributed by atoms with Crippen LogP contribution in [0.4, 0.5) is 5.69 Å². The molecule has 2 heterocycles. The summed E-state index contributed by atoms with van der Waals surface area (Å²) in [6.45, 7) is 5.54. The largest absolute Gasteiger partial charge is 0.497 e. The molecule has 2 aromatic carbocycles. The molecule has 0 bridgehead atoms. The van der Waals surface area contributed by atoms with Crippen LogP contribution in [0.1, 0.15) is 42.1 Å². The summed E-state index contributed by atoms with van der Waals surface area (Å²) in [7, 11) is 1.57. The zero-order valence-electron chi connectivity index (χ0n) is 17.8. The van der Waals surface area contributed by atoms with Crippen molar-refractivity contribution in [2.45, 2.75) is 43.0 Å². The third-order valence-corrected chi connectivity index (χ3v) is 7.19. The predicted octanol–water partition coefficient (Wildman–Crippen LogP) is 3.19. The molecule has 8 heteroatoms. The van der Waals surface area contributed by atoms with E-state index in [0.717, 1.165) is 5.56 Å². The number of nitrogens with one attached hydrogen (secondary N) is 2. The maximum atomic E-state index is 13.2. The highest BCUT2D eigenvalue weighted by molar-refractivity contribution is 8.01. The van der Waals surface area contributed by atoms with Gasteiger partial charge in [0.1, 0.15) is 23.2 Å². The SMILES string of the molecule is COc1ccc(NC(=O)C(C)NC(=O)C2N3C(=O)c4ccccc4C3SC2(C)C)cc1. The Labute approximate surface area is 185 Å². The molecule has 0 spiro atoms. The summed E-state index contributed by atoms with van der Waals surface area (Å²) >= 11 is 1.59. The van der Waals surface area contributed by atoms with E-state index in [0.29, 0.717) is 17.0 Å². The van der Waals surface area contributed by atoms with E-state index in [9.17, 15) is 14.4 Å². The van der Waals surface area contributed by atoms with Crippen molar-refractivity contribution in [1.29, 1.82) is 0 Å². The van der Waals surface area contributed by atoms with Crippen LogP contribution in [-0.2, 0) is 9.59 Å². The molecule has 2 aliphatic heterocycles. The molecule has 0 aliphatic carbocycles. The van der Waals surface area contributed by atoms with Crippen molar-refractivity contribution in [2.24, 2.45) is 0 Å². The molecule has 4 rings (SSSR count). The molecule has 162 valence electrons. The molecular weight excluding hydrogens is 414 g/mol. The van der Waals surface area contributed by atoms with Crippen molar-refractivity contribution >= 4 is 35.2 Å². The number of carbonyl (C=O) groups is 3. The number of benzene rings is 2. The highest BCUT2D eigenvalue weighted by atomic mass is 32.2. The van der Waals surface area contributed by atoms with Crippen LogP contribution in [0.25, 0.3) is 0 Å². The van der Waals surface area contributed by atoms with E-state index in [1.54, 1.807) is 61.0 Å². The molecule has 0 aromatic heterocycles. The Kier molecular flexibility index (Phi) is 5.43. The molecule has 3 amide bonds. The van der Waals surface area contributed by atoms with Gasteiger partial charge in [0.2, 0.25) is 11.8 Å². The van der Waals surface area contributed by atoms with Crippen LogP contribution in [0.5, 0.6) is 5.75 Å². The standard InChI is InChI=1S/C23H25N3O4S/c1-13(19(27)25-14-9-11-15(30-4)12-10-14)24-20(28)18-23(2,3)31-22-17-8-6-5-7-16(17)21(29)26(18)22/h5-13,18,22H,1-4H3,(H,24,28)(H,25,27). The fourth-order valence-electron chi connectivity index (χ4n) is 4.09. The van der Waals surface area contributed by atoms with Crippen molar-refractivity contribution < 1.29 is 19.1 Å². The predicted molar refractivity (Wildman–Crippen MR) is 120 cm³/mol. The first kappa shape index (κ1) is 21.2. The minimum absolute atomic E-state index is 0.144. The number of amides is 3. The lowest BCUT2D eigenvalue weighted by molar-refractivity contribution is -0.129. The molecule has 1 fully saturated rings. The molecular formula is C23H25N3O4S. The molecule has 0 radical (unpaired) electrons. The summed E-state index contributed by atoms with van der Waals surface area (Å²) in [6.07, 6.45) is 0. The number of ether oxygens (including phenoxy) is 1. The molecule has 2 aromatic rings. The first-order chi connectivity index (χ1) is 14.7. The van der Waals surface area contributed by atoms with Crippen LogP contribution in [0.3, 0.4) is 0 Å². The average molecular weight is 440 g/mol. The second-order valence-corrected chi connectivity index (χ2v) is 9.96. The molecule has 1 saturated heterocycles. The number of rotatable bonds is 5. The summed E-state index contributed by atoms with van der Waals surface area (Å²) in [4.78, 5) is 40.5. The van der Waals surface area contributed by atoms with Crippen LogP contribution < -0.4 is 15.4 Å². The number of fused-ring (bicyclic) bond motifs is 3. The first-order valence-corrected chi connectivity index (χ1v) is 11.0.